The van der Waals surface area contributed by atoms with E-state index in [-0.39, 0.29) is 18.3 Å². The molecule has 0 aromatic carbocycles. The molecule has 68 valence electrons. The van der Waals surface area contributed by atoms with Gasteiger partial charge in [0.25, 0.3) is 0 Å². The molecule has 2 heterocycles. The van der Waals surface area contributed by atoms with Gasteiger partial charge >= 0.3 is 0 Å². The van der Waals surface area contributed by atoms with Crippen molar-refractivity contribution in [3.05, 3.63) is 0 Å². The first kappa shape index (κ1) is 7.19. The molecule has 3 rings (SSSR count). The first-order chi connectivity index (χ1) is 5.81. The summed E-state index contributed by atoms with van der Waals surface area (Å²) < 4.78 is 0. The Kier molecular flexibility index (Phi) is 1.30. The number of rotatable bonds is 0. The van der Waals surface area contributed by atoms with Crippen LogP contribution in [0.4, 0.5) is 0 Å². The van der Waals surface area contributed by atoms with E-state index in [1.807, 2.05) is 6.92 Å². The Morgan fingerprint density at radius 1 is 1.17 bits per heavy atom. The number of hydrogen-bond acceptors (Lipinski definition) is 6. The predicted octanol–water partition coefficient (Wildman–Crippen LogP) is 0.0414. The van der Waals surface area contributed by atoms with Crippen LogP contribution in [0.5, 0.6) is 0 Å². The van der Waals surface area contributed by atoms with E-state index in [9.17, 15) is 0 Å². The fourth-order valence-electron chi connectivity index (χ4n) is 1.86. The van der Waals surface area contributed by atoms with E-state index in [2.05, 4.69) is 10.1 Å². The largest absolute Gasteiger partial charge is 0.200 e. The Morgan fingerprint density at radius 2 is 2.08 bits per heavy atom. The SMILES string of the molecule is CC12OOOC1CC1OOOC12. The number of hydrogen-bond donors (Lipinski definition) is 0. The second-order valence-electron chi connectivity index (χ2n) is 3.38. The topological polar surface area (TPSA) is 55.4 Å². The molecule has 2 aliphatic heterocycles. The molecule has 3 aliphatic rings. The van der Waals surface area contributed by atoms with Gasteiger partial charge in [-0.25, -0.2) is 0 Å². The molecule has 0 amide bonds. The van der Waals surface area contributed by atoms with Crippen molar-refractivity contribution in [2.45, 2.75) is 37.3 Å². The molecule has 6 heteroatoms. The third kappa shape index (κ3) is 0.698. The van der Waals surface area contributed by atoms with Crippen molar-refractivity contribution in [1.82, 2.24) is 0 Å². The van der Waals surface area contributed by atoms with Crippen molar-refractivity contribution in [2.24, 2.45) is 0 Å². The summed E-state index contributed by atoms with van der Waals surface area (Å²) in [6, 6.07) is 0. The molecule has 4 unspecified atom stereocenters. The molecule has 2 saturated heterocycles. The van der Waals surface area contributed by atoms with Crippen LogP contribution in [0, 0.1) is 0 Å². The fourth-order valence-corrected chi connectivity index (χ4v) is 1.86. The van der Waals surface area contributed by atoms with Crippen molar-refractivity contribution in [1.29, 1.82) is 0 Å². The Hall–Kier alpha value is -0.240. The summed E-state index contributed by atoms with van der Waals surface area (Å²) in [4.78, 5) is 19.6. The molecule has 0 aromatic heterocycles. The molecule has 1 aliphatic carbocycles. The maximum atomic E-state index is 4.97. The lowest BCUT2D eigenvalue weighted by atomic mass is 10.0. The van der Waals surface area contributed by atoms with Gasteiger partial charge in [0.15, 0.2) is 11.7 Å². The molecule has 0 aromatic rings. The van der Waals surface area contributed by atoms with Gasteiger partial charge in [0.2, 0.25) is 0 Å². The summed E-state index contributed by atoms with van der Waals surface area (Å²) in [6.45, 7) is 1.84. The van der Waals surface area contributed by atoms with Crippen LogP contribution in [0.2, 0.25) is 0 Å². The van der Waals surface area contributed by atoms with Crippen LogP contribution in [0.15, 0.2) is 0 Å². The summed E-state index contributed by atoms with van der Waals surface area (Å²) in [6.07, 6.45) is 0.117. The van der Waals surface area contributed by atoms with E-state index in [1.54, 1.807) is 0 Å². The minimum atomic E-state index is -0.610. The Bertz CT molecular complexity index is 208. The third-order valence-electron chi connectivity index (χ3n) is 2.66. The van der Waals surface area contributed by atoms with E-state index >= 15 is 0 Å². The molecule has 0 spiro atoms. The molecule has 4 atom stereocenters. The van der Waals surface area contributed by atoms with E-state index < -0.39 is 5.60 Å². The van der Waals surface area contributed by atoms with Gasteiger partial charge in [0.1, 0.15) is 12.2 Å². The van der Waals surface area contributed by atoms with E-state index in [0.717, 1.165) is 0 Å². The van der Waals surface area contributed by atoms with Gasteiger partial charge in [-0.15, -0.1) is 0 Å². The molecule has 0 radical (unpaired) electrons. The van der Waals surface area contributed by atoms with Gasteiger partial charge < -0.3 is 0 Å². The summed E-state index contributed by atoms with van der Waals surface area (Å²) in [5, 5.41) is 8.83. The standard InChI is InChI=1S/C6H8O6/c1-6-4(8-12-10-6)2-3-5(6)9-11-7-3/h3-5H,2H2,1H3. The molecular formula is C6H8O6. The second kappa shape index (κ2) is 2.16. The highest BCUT2D eigenvalue weighted by Gasteiger charge is 2.64. The van der Waals surface area contributed by atoms with Gasteiger partial charge in [0.05, 0.1) is 0 Å². The zero-order chi connectivity index (χ0) is 8.18. The molecular weight excluding hydrogens is 168 g/mol. The van der Waals surface area contributed by atoms with Gasteiger partial charge in [-0.2, -0.15) is 19.6 Å². The molecule has 12 heavy (non-hydrogen) atoms. The molecule has 0 bridgehead atoms. The Morgan fingerprint density at radius 3 is 3.00 bits per heavy atom. The molecule has 6 nitrogen and oxygen atoms in total. The van der Waals surface area contributed by atoms with Crippen LogP contribution in [0.1, 0.15) is 13.3 Å². The first-order valence-electron chi connectivity index (χ1n) is 3.81. The van der Waals surface area contributed by atoms with Crippen molar-refractivity contribution in [3.63, 3.8) is 0 Å². The normalized spacial score (nSPS) is 57.2. The van der Waals surface area contributed by atoms with Crippen molar-refractivity contribution < 1.29 is 29.6 Å². The van der Waals surface area contributed by atoms with E-state index in [1.165, 1.54) is 0 Å². The second-order valence-corrected chi connectivity index (χ2v) is 3.38. The summed E-state index contributed by atoms with van der Waals surface area (Å²) >= 11 is 0. The maximum absolute atomic E-state index is 4.97. The third-order valence-corrected chi connectivity index (χ3v) is 2.66. The highest BCUT2D eigenvalue weighted by Crippen LogP contribution is 2.45. The average molecular weight is 176 g/mol. The Balaban J connectivity index is 1.93. The lowest BCUT2D eigenvalue weighted by molar-refractivity contribution is -0.489. The zero-order valence-corrected chi connectivity index (χ0v) is 6.39. The summed E-state index contributed by atoms with van der Waals surface area (Å²) in [5.41, 5.74) is -0.610. The first-order valence-corrected chi connectivity index (χ1v) is 3.81. The highest BCUT2D eigenvalue weighted by atomic mass is 17.6. The van der Waals surface area contributed by atoms with Crippen LogP contribution in [-0.4, -0.2) is 23.9 Å². The van der Waals surface area contributed by atoms with Crippen molar-refractivity contribution in [3.8, 4) is 0 Å². The lowest BCUT2D eigenvalue weighted by Crippen LogP contribution is -2.43. The van der Waals surface area contributed by atoms with Crippen molar-refractivity contribution in [2.75, 3.05) is 0 Å². The van der Waals surface area contributed by atoms with Gasteiger partial charge in [-0.1, -0.05) is 10.1 Å². The number of fused-ring (bicyclic) bond motifs is 3. The van der Waals surface area contributed by atoms with E-state index in [0.29, 0.717) is 6.42 Å². The smallest absolute Gasteiger partial charge is 0.165 e. The van der Waals surface area contributed by atoms with Gasteiger partial charge in [-0.3, -0.25) is 0 Å². The summed E-state index contributed by atoms with van der Waals surface area (Å²) in [7, 11) is 0. The van der Waals surface area contributed by atoms with Crippen LogP contribution >= 0.6 is 0 Å². The minimum Gasteiger partial charge on any atom is -0.200 e. The quantitative estimate of drug-likeness (QED) is 0.486. The van der Waals surface area contributed by atoms with Crippen LogP contribution in [0.25, 0.3) is 0 Å². The monoisotopic (exact) mass is 176 g/mol. The van der Waals surface area contributed by atoms with Crippen LogP contribution in [-0.2, 0) is 29.6 Å². The molecule has 0 N–H and O–H groups in total. The highest BCUT2D eigenvalue weighted by molar-refractivity contribution is 5.05. The molecule has 1 saturated carbocycles. The van der Waals surface area contributed by atoms with Crippen molar-refractivity contribution >= 4 is 0 Å². The van der Waals surface area contributed by atoms with Gasteiger partial charge in [0, 0.05) is 6.42 Å². The predicted molar refractivity (Wildman–Crippen MR) is 30.9 cm³/mol. The zero-order valence-electron chi connectivity index (χ0n) is 6.39. The van der Waals surface area contributed by atoms with Crippen LogP contribution < -0.4 is 0 Å². The maximum Gasteiger partial charge on any atom is 0.165 e. The molecule has 3 fully saturated rings. The summed E-state index contributed by atoms with van der Waals surface area (Å²) in [5.74, 6) is 0. The average Bonchev–Trinajstić information content (AvgIpc) is 2.62. The minimum absolute atomic E-state index is 0.121. The Labute approximate surface area is 67.9 Å². The van der Waals surface area contributed by atoms with E-state index in [4.69, 9.17) is 19.6 Å². The van der Waals surface area contributed by atoms with Crippen LogP contribution in [0.3, 0.4) is 0 Å². The fraction of sp³-hybridized carbons (Fsp3) is 1.00. The van der Waals surface area contributed by atoms with Gasteiger partial charge in [-0.05, 0) is 6.92 Å². The lowest BCUT2D eigenvalue weighted by Gasteiger charge is -2.20.